The van der Waals surface area contributed by atoms with E-state index in [1.165, 1.54) is 0 Å². The molecule has 0 saturated heterocycles. The number of carbonyl (C=O) groups excluding carboxylic acids is 2. The molecule has 2 aromatic rings. The second-order valence-corrected chi connectivity index (χ2v) is 5.87. The summed E-state index contributed by atoms with van der Waals surface area (Å²) in [6.07, 6.45) is 0. The summed E-state index contributed by atoms with van der Waals surface area (Å²) in [6.45, 7) is 3.88. The lowest BCUT2D eigenvalue weighted by atomic mass is 10.1. The zero-order chi connectivity index (χ0) is 14.7. The summed E-state index contributed by atoms with van der Waals surface area (Å²) < 4.78 is 0. The molecule has 2 amide bonds. The number of para-hydroxylation sites is 1. The van der Waals surface area contributed by atoms with E-state index in [0.717, 1.165) is 9.75 Å². The summed E-state index contributed by atoms with van der Waals surface area (Å²) in [5.41, 5.74) is 1.62. The minimum Gasteiger partial charge on any atom is -0.355 e. The van der Waals surface area contributed by atoms with Crippen molar-refractivity contribution in [1.82, 2.24) is 5.32 Å². The molecule has 0 spiro atoms. The first-order valence-electron chi connectivity index (χ1n) is 6.22. The zero-order valence-corrected chi connectivity index (χ0v) is 12.4. The Balaban J connectivity index is 2.29. The van der Waals surface area contributed by atoms with Crippen molar-refractivity contribution in [2.75, 3.05) is 12.4 Å². The molecule has 0 aliphatic carbocycles. The monoisotopic (exact) mass is 288 g/mol. The van der Waals surface area contributed by atoms with Crippen molar-refractivity contribution in [3.05, 3.63) is 51.2 Å². The third-order valence-corrected chi connectivity index (χ3v) is 3.90. The van der Waals surface area contributed by atoms with Gasteiger partial charge in [0.1, 0.15) is 0 Å². The molecule has 0 aliphatic rings. The fourth-order valence-electron chi connectivity index (χ4n) is 1.97. The van der Waals surface area contributed by atoms with Gasteiger partial charge in [0, 0.05) is 16.8 Å². The number of aryl methyl sites for hydroxylation is 2. The minimum atomic E-state index is -0.223. The van der Waals surface area contributed by atoms with E-state index >= 15 is 0 Å². The number of anilines is 1. The lowest BCUT2D eigenvalue weighted by molar-refractivity contribution is 0.0964. The van der Waals surface area contributed by atoms with Gasteiger partial charge < -0.3 is 10.6 Å². The van der Waals surface area contributed by atoms with Gasteiger partial charge in [0.25, 0.3) is 11.8 Å². The first-order valence-corrected chi connectivity index (χ1v) is 7.04. The predicted molar refractivity (Wildman–Crippen MR) is 81.6 cm³/mol. The summed E-state index contributed by atoms with van der Waals surface area (Å²) in [5.74, 6) is -0.415. The summed E-state index contributed by atoms with van der Waals surface area (Å²) >= 11 is 1.58. The van der Waals surface area contributed by atoms with Crippen molar-refractivity contribution in [3.63, 3.8) is 0 Å². The SMILES string of the molecule is CNC(=O)c1ccccc1NC(=O)c1cc(C)sc1C. The second-order valence-electron chi connectivity index (χ2n) is 4.41. The van der Waals surface area contributed by atoms with E-state index < -0.39 is 0 Å². The summed E-state index contributed by atoms with van der Waals surface area (Å²) in [6, 6.07) is 8.81. The number of rotatable bonds is 3. The fourth-order valence-corrected chi connectivity index (χ4v) is 2.89. The molecule has 0 saturated carbocycles. The Morgan fingerprint density at radius 3 is 2.35 bits per heavy atom. The van der Waals surface area contributed by atoms with Gasteiger partial charge in [0.2, 0.25) is 0 Å². The maximum Gasteiger partial charge on any atom is 0.256 e. The van der Waals surface area contributed by atoms with Crippen molar-refractivity contribution in [3.8, 4) is 0 Å². The van der Waals surface area contributed by atoms with E-state index in [2.05, 4.69) is 10.6 Å². The van der Waals surface area contributed by atoms with Crippen LogP contribution in [0.5, 0.6) is 0 Å². The Morgan fingerprint density at radius 2 is 1.75 bits per heavy atom. The van der Waals surface area contributed by atoms with Crippen molar-refractivity contribution >= 4 is 28.8 Å². The summed E-state index contributed by atoms with van der Waals surface area (Å²) in [4.78, 5) is 26.1. The minimum absolute atomic E-state index is 0.191. The Labute approximate surface area is 121 Å². The van der Waals surface area contributed by atoms with Crippen LogP contribution in [0.25, 0.3) is 0 Å². The predicted octanol–water partition coefficient (Wildman–Crippen LogP) is 2.98. The molecule has 2 N–H and O–H groups in total. The Morgan fingerprint density at radius 1 is 1.05 bits per heavy atom. The van der Waals surface area contributed by atoms with Crippen molar-refractivity contribution in [2.45, 2.75) is 13.8 Å². The van der Waals surface area contributed by atoms with Gasteiger partial charge in [-0.1, -0.05) is 12.1 Å². The average molecular weight is 288 g/mol. The smallest absolute Gasteiger partial charge is 0.256 e. The summed E-state index contributed by atoms with van der Waals surface area (Å²) in [7, 11) is 1.56. The standard InChI is InChI=1S/C15H16N2O2S/c1-9-8-12(10(2)20-9)15(19)17-13-7-5-4-6-11(13)14(18)16-3/h4-8H,1-3H3,(H,16,18)(H,17,19). The van der Waals surface area contributed by atoms with Crippen LogP contribution in [0.3, 0.4) is 0 Å². The maximum absolute atomic E-state index is 12.3. The molecular formula is C15H16N2O2S. The van der Waals surface area contributed by atoms with Gasteiger partial charge in [-0.3, -0.25) is 9.59 Å². The number of hydrogen-bond acceptors (Lipinski definition) is 3. The van der Waals surface area contributed by atoms with Gasteiger partial charge in [-0.05, 0) is 32.0 Å². The molecule has 0 atom stereocenters. The topological polar surface area (TPSA) is 58.2 Å². The normalized spacial score (nSPS) is 10.2. The van der Waals surface area contributed by atoms with Crippen LogP contribution in [0, 0.1) is 13.8 Å². The lowest BCUT2D eigenvalue weighted by Gasteiger charge is -2.09. The third kappa shape index (κ3) is 2.88. The van der Waals surface area contributed by atoms with E-state index in [9.17, 15) is 9.59 Å². The molecule has 2 rings (SSSR count). The van der Waals surface area contributed by atoms with Crippen LogP contribution < -0.4 is 10.6 Å². The van der Waals surface area contributed by atoms with Gasteiger partial charge in [-0.15, -0.1) is 11.3 Å². The number of benzene rings is 1. The quantitative estimate of drug-likeness (QED) is 0.912. The Kier molecular flexibility index (Phi) is 4.20. The van der Waals surface area contributed by atoms with Crippen LogP contribution in [-0.2, 0) is 0 Å². The molecule has 20 heavy (non-hydrogen) atoms. The molecule has 1 heterocycles. The van der Waals surface area contributed by atoms with Crippen molar-refractivity contribution < 1.29 is 9.59 Å². The van der Waals surface area contributed by atoms with E-state index in [0.29, 0.717) is 16.8 Å². The molecule has 1 aromatic heterocycles. The highest BCUT2D eigenvalue weighted by Gasteiger charge is 2.15. The van der Waals surface area contributed by atoms with Gasteiger partial charge >= 0.3 is 0 Å². The van der Waals surface area contributed by atoms with Gasteiger partial charge in [-0.25, -0.2) is 0 Å². The van der Waals surface area contributed by atoms with Gasteiger partial charge in [0.15, 0.2) is 0 Å². The molecule has 0 radical (unpaired) electrons. The molecule has 0 bridgehead atoms. The number of nitrogens with one attached hydrogen (secondary N) is 2. The maximum atomic E-state index is 12.3. The van der Waals surface area contributed by atoms with Crippen LogP contribution in [0.4, 0.5) is 5.69 Å². The van der Waals surface area contributed by atoms with Crippen LogP contribution in [-0.4, -0.2) is 18.9 Å². The first-order chi connectivity index (χ1) is 9.52. The van der Waals surface area contributed by atoms with Crippen molar-refractivity contribution in [1.29, 1.82) is 0 Å². The first kappa shape index (κ1) is 14.3. The Hall–Kier alpha value is -2.14. The molecular weight excluding hydrogens is 272 g/mol. The van der Waals surface area contributed by atoms with Gasteiger partial charge in [0.05, 0.1) is 16.8 Å². The van der Waals surface area contributed by atoms with Crippen LogP contribution in [0.2, 0.25) is 0 Å². The molecule has 1 aromatic carbocycles. The van der Waals surface area contributed by atoms with Gasteiger partial charge in [-0.2, -0.15) is 0 Å². The van der Waals surface area contributed by atoms with Crippen LogP contribution in [0.15, 0.2) is 30.3 Å². The second kappa shape index (κ2) is 5.88. The summed E-state index contributed by atoms with van der Waals surface area (Å²) in [5, 5.41) is 5.37. The number of amides is 2. The molecule has 5 heteroatoms. The number of hydrogen-bond donors (Lipinski definition) is 2. The molecule has 0 unspecified atom stereocenters. The van der Waals surface area contributed by atoms with E-state index in [-0.39, 0.29) is 11.8 Å². The van der Waals surface area contributed by atoms with Crippen LogP contribution >= 0.6 is 11.3 Å². The Bertz CT molecular complexity index is 662. The van der Waals surface area contributed by atoms with Crippen molar-refractivity contribution in [2.24, 2.45) is 0 Å². The number of carbonyl (C=O) groups is 2. The van der Waals surface area contributed by atoms with E-state index in [1.54, 1.807) is 42.6 Å². The molecule has 104 valence electrons. The molecule has 0 aliphatic heterocycles. The highest BCUT2D eigenvalue weighted by Crippen LogP contribution is 2.22. The van der Waals surface area contributed by atoms with Crippen LogP contribution in [0.1, 0.15) is 30.5 Å². The highest BCUT2D eigenvalue weighted by atomic mass is 32.1. The highest BCUT2D eigenvalue weighted by molar-refractivity contribution is 7.12. The van der Waals surface area contributed by atoms with E-state index in [1.807, 2.05) is 19.9 Å². The van der Waals surface area contributed by atoms with E-state index in [4.69, 9.17) is 0 Å². The third-order valence-electron chi connectivity index (χ3n) is 2.93. The average Bonchev–Trinajstić information content (AvgIpc) is 2.77. The largest absolute Gasteiger partial charge is 0.355 e. The fraction of sp³-hybridized carbons (Fsp3) is 0.200. The lowest BCUT2D eigenvalue weighted by Crippen LogP contribution is -2.21. The molecule has 0 fully saturated rings. The zero-order valence-electron chi connectivity index (χ0n) is 11.6. The molecule has 4 nitrogen and oxygen atoms in total. The number of thiophene rings is 1.